The molecule has 4 nitrogen and oxygen atoms in total. The fraction of sp³-hybridized carbons (Fsp3) is 0.550. The van der Waals surface area contributed by atoms with Crippen molar-refractivity contribution in [3.05, 3.63) is 34.4 Å². The fourth-order valence-electron chi connectivity index (χ4n) is 3.92. The number of rotatable bonds is 5. The van der Waals surface area contributed by atoms with Crippen LogP contribution in [0.4, 0.5) is 10.1 Å². The molecule has 0 unspecified atom stereocenters. The van der Waals surface area contributed by atoms with Gasteiger partial charge in [-0.3, -0.25) is 4.79 Å². The number of hydrogen-bond acceptors (Lipinski definition) is 3. The Hall–Kier alpha value is -2.04. The maximum atomic E-state index is 14.6. The van der Waals surface area contributed by atoms with Gasteiger partial charge >= 0.3 is 0 Å². The van der Waals surface area contributed by atoms with Gasteiger partial charge in [-0.2, -0.15) is 0 Å². The molecular formula is C20H27FN2O2. The molecule has 1 aliphatic carbocycles. The summed E-state index contributed by atoms with van der Waals surface area (Å²) in [6.07, 6.45) is 8.90. The minimum Gasteiger partial charge on any atom is -0.503 e. The van der Waals surface area contributed by atoms with Crippen molar-refractivity contribution in [1.82, 2.24) is 4.57 Å². The van der Waals surface area contributed by atoms with Gasteiger partial charge in [0.05, 0.1) is 22.8 Å². The number of pyridine rings is 1. The molecule has 5 heteroatoms. The zero-order chi connectivity index (χ0) is 18.0. The topological polar surface area (TPSA) is 54.3 Å². The lowest BCUT2D eigenvalue weighted by Gasteiger charge is -2.25. The van der Waals surface area contributed by atoms with Crippen LogP contribution in [0.5, 0.6) is 5.75 Å². The summed E-state index contributed by atoms with van der Waals surface area (Å²) in [6.45, 7) is 4.14. The van der Waals surface area contributed by atoms with E-state index in [4.69, 9.17) is 0 Å². The fourth-order valence-corrected chi connectivity index (χ4v) is 3.92. The molecule has 0 saturated heterocycles. The van der Waals surface area contributed by atoms with Gasteiger partial charge in [-0.25, -0.2) is 4.39 Å². The third-order valence-electron chi connectivity index (χ3n) is 5.40. The summed E-state index contributed by atoms with van der Waals surface area (Å²) in [6, 6.07) is 3.44. The number of aromatic nitrogens is 1. The Labute approximate surface area is 147 Å². The maximum absolute atomic E-state index is 14.6. The number of nitrogens with one attached hydrogen (secondary N) is 1. The molecule has 2 aromatic rings. The Morgan fingerprint density at radius 2 is 1.92 bits per heavy atom. The van der Waals surface area contributed by atoms with E-state index in [1.807, 2.05) is 4.57 Å². The second-order valence-electron chi connectivity index (χ2n) is 7.05. The molecule has 3 rings (SSSR count). The smallest absolute Gasteiger partial charge is 0.231 e. The second-order valence-corrected chi connectivity index (χ2v) is 7.05. The van der Waals surface area contributed by atoms with Crippen LogP contribution in [0.3, 0.4) is 0 Å². The zero-order valence-electron chi connectivity index (χ0n) is 15.0. The summed E-state index contributed by atoms with van der Waals surface area (Å²) in [5.41, 5.74) is 0.612. The Bertz CT molecular complexity index is 805. The highest BCUT2D eigenvalue weighted by molar-refractivity contribution is 5.84. The van der Waals surface area contributed by atoms with Gasteiger partial charge in [0, 0.05) is 12.1 Å². The van der Waals surface area contributed by atoms with E-state index in [-0.39, 0.29) is 23.2 Å². The summed E-state index contributed by atoms with van der Waals surface area (Å²) < 4.78 is 16.5. The highest BCUT2D eigenvalue weighted by Crippen LogP contribution is 2.29. The molecule has 1 aromatic heterocycles. The highest BCUT2D eigenvalue weighted by atomic mass is 19.1. The molecule has 1 fully saturated rings. The van der Waals surface area contributed by atoms with Crippen molar-refractivity contribution in [3.8, 4) is 5.75 Å². The zero-order valence-corrected chi connectivity index (χ0v) is 15.0. The SMILES string of the molecule is CCC(CC)n1cc(O)c(=O)c2cc(F)c(NC3CCCCC3)cc21. The van der Waals surface area contributed by atoms with Gasteiger partial charge in [0.1, 0.15) is 5.82 Å². The Balaban J connectivity index is 2.11. The number of fused-ring (bicyclic) bond motifs is 1. The van der Waals surface area contributed by atoms with Crippen molar-refractivity contribution in [2.24, 2.45) is 0 Å². The highest BCUT2D eigenvalue weighted by Gasteiger charge is 2.19. The van der Waals surface area contributed by atoms with Crippen molar-refractivity contribution in [2.75, 3.05) is 5.32 Å². The van der Waals surface area contributed by atoms with Gasteiger partial charge in [0.15, 0.2) is 5.75 Å². The first-order chi connectivity index (χ1) is 12.0. The molecule has 0 aliphatic heterocycles. The molecule has 1 saturated carbocycles. The number of aromatic hydroxyl groups is 1. The van der Waals surface area contributed by atoms with Crippen LogP contribution in [0.2, 0.25) is 0 Å². The lowest BCUT2D eigenvalue weighted by atomic mass is 9.95. The molecule has 1 heterocycles. The Morgan fingerprint density at radius 3 is 2.56 bits per heavy atom. The average molecular weight is 346 g/mol. The van der Waals surface area contributed by atoms with E-state index >= 15 is 0 Å². The van der Waals surface area contributed by atoms with Crippen LogP contribution in [0, 0.1) is 5.82 Å². The largest absolute Gasteiger partial charge is 0.503 e. The van der Waals surface area contributed by atoms with E-state index in [9.17, 15) is 14.3 Å². The van der Waals surface area contributed by atoms with Gasteiger partial charge in [-0.15, -0.1) is 0 Å². The normalized spacial score (nSPS) is 15.8. The predicted molar refractivity (Wildman–Crippen MR) is 99.9 cm³/mol. The summed E-state index contributed by atoms with van der Waals surface area (Å²) in [4.78, 5) is 12.3. The summed E-state index contributed by atoms with van der Waals surface area (Å²) in [7, 11) is 0. The van der Waals surface area contributed by atoms with Crippen molar-refractivity contribution in [2.45, 2.75) is 70.9 Å². The quantitative estimate of drug-likeness (QED) is 0.805. The van der Waals surface area contributed by atoms with E-state index in [0.29, 0.717) is 11.2 Å². The lowest BCUT2D eigenvalue weighted by Crippen LogP contribution is -2.23. The number of halogens is 1. The van der Waals surface area contributed by atoms with E-state index in [1.54, 1.807) is 6.07 Å². The molecule has 2 N–H and O–H groups in total. The molecule has 136 valence electrons. The third kappa shape index (κ3) is 3.51. The van der Waals surface area contributed by atoms with Gasteiger partial charge < -0.3 is 15.0 Å². The standard InChI is InChI=1S/C20H27FN2O2/c1-3-14(4-2)23-12-19(24)20(25)15-10-16(21)17(11-18(15)23)22-13-8-6-5-7-9-13/h10-14,22,24H,3-9H2,1-2H3. The third-order valence-corrected chi connectivity index (χ3v) is 5.40. The molecule has 0 amide bonds. The number of benzene rings is 1. The number of anilines is 1. The van der Waals surface area contributed by atoms with Crippen LogP contribution < -0.4 is 10.7 Å². The van der Waals surface area contributed by atoms with Crippen molar-refractivity contribution in [1.29, 1.82) is 0 Å². The maximum Gasteiger partial charge on any atom is 0.231 e. The predicted octanol–water partition coefficient (Wildman–Crippen LogP) is 4.95. The molecule has 1 aromatic carbocycles. The Morgan fingerprint density at radius 1 is 1.24 bits per heavy atom. The molecular weight excluding hydrogens is 319 g/mol. The average Bonchev–Trinajstić information content (AvgIpc) is 2.62. The van der Waals surface area contributed by atoms with Gasteiger partial charge in [0.2, 0.25) is 5.43 Å². The van der Waals surface area contributed by atoms with Crippen LogP contribution in [0.1, 0.15) is 64.8 Å². The minimum absolute atomic E-state index is 0.155. The summed E-state index contributed by atoms with van der Waals surface area (Å²) >= 11 is 0. The molecule has 0 atom stereocenters. The van der Waals surface area contributed by atoms with Gasteiger partial charge in [-0.1, -0.05) is 33.1 Å². The molecule has 0 bridgehead atoms. The van der Waals surface area contributed by atoms with Crippen LogP contribution in [0.25, 0.3) is 10.9 Å². The van der Waals surface area contributed by atoms with E-state index < -0.39 is 11.2 Å². The van der Waals surface area contributed by atoms with Crippen molar-refractivity contribution < 1.29 is 9.50 Å². The molecule has 0 spiro atoms. The Kier molecular flexibility index (Phi) is 5.30. The van der Waals surface area contributed by atoms with Crippen molar-refractivity contribution in [3.63, 3.8) is 0 Å². The van der Waals surface area contributed by atoms with Crippen molar-refractivity contribution >= 4 is 16.6 Å². The summed E-state index contributed by atoms with van der Waals surface area (Å²) in [5, 5.41) is 13.5. The first kappa shape index (κ1) is 17.8. The molecule has 25 heavy (non-hydrogen) atoms. The monoisotopic (exact) mass is 346 g/mol. The van der Waals surface area contributed by atoms with Crippen LogP contribution in [-0.2, 0) is 0 Å². The van der Waals surface area contributed by atoms with Crippen LogP contribution in [0.15, 0.2) is 23.1 Å². The number of hydrogen-bond donors (Lipinski definition) is 2. The molecule has 0 radical (unpaired) electrons. The van der Waals surface area contributed by atoms with Crippen LogP contribution >= 0.6 is 0 Å². The minimum atomic E-state index is -0.514. The van der Waals surface area contributed by atoms with Crippen LogP contribution in [-0.4, -0.2) is 15.7 Å². The second kappa shape index (κ2) is 7.46. The first-order valence-corrected chi connectivity index (χ1v) is 9.39. The van der Waals surface area contributed by atoms with Gasteiger partial charge in [-0.05, 0) is 37.8 Å². The molecule has 1 aliphatic rings. The first-order valence-electron chi connectivity index (χ1n) is 9.39. The van der Waals surface area contributed by atoms with Gasteiger partial charge in [0.25, 0.3) is 0 Å². The van der Waals surface area contributed by atoms with E-state index in [2.05, 4.69) is 19.2 Å². The van der Waals surface area contributed by atoms with E-state index in [0.717, 1.165) is 25.7 Å². The number of nitrogens with zero attached hydrogens (tertiary/aromatic N) is 1. The van der Waals surface area contributed by atoms with E-state index in [1.165, 1.54) is 31.5 Å². The summed E-state index contributed by atoms with van der Waals surface area (Å²) in [5.74, 6) is -0.760. The lowest BCUT2D eigenvalue weighted by molar-refractivity contribution is 0.439.